The summed E-state index contributed by atoms with van der Waals surface area (Å²) in [5.74, 6) is 0. The molecule has 1 aliphatic rings. The number of aromatic amines is 1. The van der Waals surface area contributed by atoms with Crippen LogP contribution >= 0.6 is 0 Å². The third-order valence-electron chi connectivity index (χ3n) is 3.99. The SMILES string of the molecule is CN1CCN(CC(O)c2ccc3cc[nH]c3c2)CC1. The lowest BCUT2D eigenvalue weighted by atomic mass is 10.1. The predicted molar refractivity (Wildman–Crippen MR) is 77.2 cm³/mol. The van der Waals surface area contributed by atoms with Crippen LogP contribution in [0, 0.1) is 0 Å². The molecule has 19 heavy (non-hydrogen) atoms. The zero-order valence-electron chi connectivity index (χ0n) is 11.3. The van der Waals surface area contributed by atoms with E-state index in [1.54, 1.807) is 0 Å². The fourth-order valence-corrected chi connectivity index (χ4v) is 2.65. The Hall–Kier alpha value is -1.36. The number of aromatic nitrogens is 1. The van der Waals surface area contributed by atoms with Crippen LogP contribution in [0.25, 0.3) is 10.9 Å². The van der Waals surface area contributed by atoms with E-state index in [1.807, 2.05) is 18.3 Å². The number of hydrogen-bond donors (Lipinski definition) is 2. The summed E-state index contributed by atoms with van der Waals surface area (Å²) < 4.78 is 0. The van der Waals surface area contributed by atoms with Crippen LogP contribution < -0.4 is 0 Å². The highest BCUT2D eigenvalue weighted by Crippen LogP contribution is 2.20. The Morgan fingerprint density at radius 3 is 2.79 bits per heavy atom. The van der Waals surface area contributed by atoms with Gasteiger partial charge in [-0.15, -0.1) is 0 Å². The molecule has 1 aromatic carbocycles. The number of hydrogen-bond acceptors (Lipinski definition) is 3. The zero-order valence-corrected chi connectivity index (χ0v) is 11.3. The van der Waals surface area contributed by atoms with Gasteiger partial charge in [0.25, 0.3) is 0 Å². The van der Waals surface area contributed by atoms with Crippen LogP contribution in [-0.4, -0.2) is 59.7 Å². The van der Waals surface area contributed by atoms with Crippen LogP contribution in [0.3, 0.4) is 0 Å². The molecule has 1 aliphatic heterocycles. The van der Waals surface area contributed by atoms with Crippen molar-refractivity contribution < 1.29 is 5.11 Å². The van der Waals surface area contributed by atoms with Crippen molar-refractivity contribution in [3.8, 4) is 0 Å². The molecular weight excluding hydrogens is 238 g/mol. The van der Waals surface area contributed by atoms with Gasteiger partial charge in [-0.25, -0.2) is 0 Å². The molecule has 1 aromatic heterocycles. The van der Waals surface area contributed by atoms with Crippen molar-refractivity contribution in [2.75, 3.05) is 39.8 Å². The Balaban J connectivity index is 1.67. The summed E-state index contributed by atoms with van der Waals surface area (Å²) in [6, 6.07) is 8.19. The summed E-state index contributed by atoms with van der Waals surface area (Å²) in [5.41, 5.74) is 2.09. The second-order valence-corrected chi connectivity index (χ2v) is 5.44. The van der Waals surface area contributed by atoms with Gasteiger partial charge in [0, 0.05) is 44.4 Å². The molecule has 4 heteroatoms. The molecular formula is C15H21N3O. The first-order valence-corrected chi connectivity index (χ1v) is 6.88. The van der Waals surface area contributed by atoms with Gasteiger partial charge in [0.15, 0.2) is 0 Å². The van der Waals surface area contributed by atoms with Crippen molar-refractivity contribution in [2.45, 2.75) is 6.10 Å². The summed E-state index contributed by atoms with van der Waals surface area (Å²) in [7, 11) is 2.15. The van der Waals surface area contributed by atoms with E-state index < -0.39 is 6.10 Å². The van der Waals surface area contributed by atoms with Gasteiger partial charge in [-0.05, 0) is 30.1 Å². The zero-order chi connectivity index (χ0) is 13.2. The fraction of sp³-hybridized carbons (Fsp3) is 0.467. The van der Waals surface area contributed by atoms with Gasteiger partial charge in [-0.2, -0.15) is 0 Å². The van der Waals surface area contributed by atoms with E-state index in [2.05, 4.69) is 34.0 Å². The Labute approximate surface area is 113 Å². The average Bonchev–Trinajstić information content (AvgIpc) is 2.88. The van der Waals surface area contributed by atoms with Crippen LogP contribution in [-0.2, 0) is 0 Å². The summed E-state index contributed by atoms with van der Waals surface area (Å²) in [4.78, 5) is 7.86. The molecule has 2 heterocycles. The van der Waals surface area contributed by atoms with E-state index in [4.69, 9.17) is 0 Å². The summed E-state index contributed by atoms with van der Waals surface area (Å²) in [6.45, 7) is 4.97. The molecule has 102 valence electrons. The minimum atomic E-state index is -0.406. The Morgan fingerprint density at radius 1 is 1.21 bits per heavy atom. The van der Waals surface area contributed by atoms with E-state index >= 15 is 0 Å². The van der Waals surface area contributed by atoms with Crippen molar-refractivity contribution in [3.05, 3.63) is 36.0 Å². The highest BCUT2D eigenvalue weighted by Gasteiger charge is 2.18. The van der Waals surface area contributed by atoms with Crippen LogP contribution in [0.2, 0.25) is 0 Å². The lowest BCUT2D eigenvalue weighted by Gasteiger charge is -2.33. The van der Waals surface area contributed by atoms with Gasteiger partial charge in [-0.1, -0.05) is 12.1 Å². The van der Waals surface area contributed by atoms with Crippen LogP contribution in [0.15, 0.2) is 30.5 Å². The number of aliphatic hydroxyl groups is 1. The summed E-state index contributed by atoms with van der Waals surface area (Å²) in [6.07, 6.45) is 1.53. The molecule has 0 radical (unpaired) electrons. The predicted octanol–water partition coefficient (Wildman–Crippen LogP) is 1.45. The maximum Gasteiger partial charge on any atom is 0.0917 e. The van der Waals surface area contributed by atoms with Crippen LogP contribution in [0.1, 0.15) is 11.7 Å². The maximum atomic E-state index is 10.4. The number of fused-ring (bicyclic) bond motifs is 1. The van der Waals surface area contributed by atoms with Crippen molar-refractivity contribution in [3.63, 3.8) is 0 Å². The summed E-state index contributed by atoms with van der Waals surface area (Å²) >= 11 is 0. The first-order valence-electron chi connectivity index (χ1n) is 6.88. The minimum absolute atomic E-state index is 0.406. The monoisotopic (exact) mass is 259 g/mol. The lowest BCUT2D eigenvalue weighted by Crippen LogP contribution is -2.45. The molecule has 0 spiro atoms. The molecule has 1 fully saturated rings. The minimum Gasteiger partial charge on any atom is -0.387 e. The molecule has 0 bridgehead atoms. The molecule has 3 rings (SSSR count). The second-order valence-electron chi connectivity index (χ2n) is 5.44. The molecule has 1 atom stereocenters. The molecule has 2 aromatic rings. The first-order chi connectivity index (χ1) is 9.22. The number of piperazine rings is 1. The molecule has 1 saturated heterocycles. The average molecular weight is 259 g/mol. The van der Waals surface area contributed by atoms with Crippen LogP contribution in [0.4, 0.5) is 0 Å². The van der Waals surface area contributed by atoms with Crippen LogP contribution in [0.5, 0.6) is 0 Å². The number of nitrogens with zero attached hydrogens (tertiary/aromatic N) is 2. The van der Waals surface area contributed by atoms with E-state index in [0.29, 0.717) is 0 Å². The smallest absolute Gasteiger partial charge is 0.0917 e. The molecule has 0 aliphatic carbocycles. The topological polar surface area (TPSA) is 42.5 Å². The van der Waals surface area contributed by atoms with Gasteiger partial charge in [0.2, 0.25) is 0 Å². The van der Waals surface area contributed by atoms with Crippen molar-refractivity contribution >= 4 is 10.9 Å². The van der Waals surface area contributed by atoms with E-state index in [0.717, 1.165) is 43.8 Å². The molecule has 2 N–H and O–H groups in total. The Kier molecular flexibility index (Phi) is 3.55. The third-order valence-corrected chi connectivity index (χ3v) is 3.99. The molecule has 1 unspecified atom stereocenters. The Bertz CT molecular complexity index is 543. The van der Waals surface area contributed by atoms with Crippen molar-refractivity contribution in [2.24, 2.45) is 0 Å². The molecule has 0 saturated carbocycles. The first kappa shape index (κ1) is 12.7. The second kappa shape index (κ2) is 5.33. The van der Waals surface area contributed by atoms with E-state index in [9.17, 15) is 5.11 Å². The number of aliphatic hydroxyl groups excluding tert-OH is 1. The molecule has 4 nitrogen and oxygen atoms in total. The normalized spacial score (nSPS) is 19.9. The number of β-amino-alcohol motifs (C(OH)–C–C–N with tert-alkyl or cyclic N) is 1. The van der Waals surface area contributed by atoms with Gasteiger partial charge in [0.05, 0.1) is 6.10 Å². The Morgan fingerprint density at radius 2 is 2.00 bits per heavy atom. The molecule has 0 amide bonds. The highest BCUT2D eigenvalue weighted by molar-refractivity contribution is 5.79. The number of nitrogens with one attached hydrogen (secondary N) is 1. The largest absolute Gasteiger partial charge is 0.387 e. The van der Waals surface area contributed by atoms with Gasteiger partial charge >= 0.3 is 0 Å². The van der Waals surface area contributed by atoms with Gasteiger partial charge in [-0.3, -0.25) is 4.90 Å². The van der Waals surface area contributed by atoms with Gasteiger partial charge in [0.1, 0.15) is 0 Å². The lowest BCUT2D eigenvalue weighted by molar-refractivity contribution is 0.0806. The number of rotatable bonds is 3. The van der Waals surface area contributed by atoms with Gasteiger partial charge < -0.3 is 15.0 Å². The number of likely N-dealkylation sites (N-methyl/N-ethyl adjacent to an activating group) is 1. The van der Waals surface area contributed by atoms with E-state index in [-0.39, 0.29) is 0 Å². The number of benzene rings is 1. The highest BCUT2D eigenvalue weighted by atomic mass is 16.3. The quantitative estimate of drug-likeness (QED) is 0.876. The third kappa shape index (κ3) is 2.81. The number of H-pyrrole nitrogens is 1. The van der Waals surface area contributed by atoms with Crippen molar-refractivity contribution in [1.82, 2.24) is 14.8 Å². The summed E-state index contributed by atoms with van der Waals surface area (Å²) in [5, 5.41) is 11.6. The fourth-order valence-electron chi connectivity index (χ4n) is 2.65. The van der Waals surface area contributed by atoms with Crippen molar-refractivity contribution in [1.29, 1.82) is 0 Å². The standard InChI is InChI=1S/C15H21N3O/c1-17-6-8-18(9-7-17)11-15(19)13-3-2-12-4-5-16-14(12)10-13/h2-5,10,15-16,19H,6-9,11H2,1H3. The van der Waals surface area contributed by atoms with E-state index in [1.165, 1.54) is 5.39 Å². The maximum absolute atomic E-state index is 10.4.